The number of azide groups is 1. The number of hydrogen-bond acceptors (Lipinski definition) is 3. The van der Waals surface area contributed by atoms with Gasteiger partial charge in [0, 0.05) is 23.4 Å². The lowest BCUT2D eigenvalue weighted by Crippen LogP contribution is -2.58. The normalized spacial score (nSPS) is 45.5. The molecule has 0 saturated heterocycles. The van der Waals surface area contributed by atoms with E-state index < -0.39 is 0 Å². The fourth-order valence-electron chi connectivity index (χ4n) is 10.4. The molecule has 202 valence electrons. The average molecular weight is 499 g/mol. The van der Waals surface area contributed by atoms with Crippen molar-refractivity contribution in [2.75, 3.05) is 0 Å². The van der Waals surface area contributed by atoms with Crippen LogP contribution in [0.25, 0.3) is 10.4 Å². The van der Waals surface area contributed by atoms with Crippen LogP contribution in [-0.2, 0) is 4.79 Å². The van der Waals surface area contributed by atoms with E-state index in [2.05, 4.69) is 36.1 Å². The van der Waals surface area contributed by atoms with Gasteiger partial charge in [0.15, 0.2) is 0 Å². The lowest BCUT2D eigenvalue weighted by atomic mass is 9.43. The highest BCUT2D eigenvalue weighted by atomic mass is 16.3. The molecule has 5 aliphatic carbocycles. The lowest BCUT2D eigenvalue weighted by molar-refractivity contribution is -0.169. The van der Waals surface area contributed by atoms with Crippen molar-refractivity contribution >= 4 is 5.91 Å². The molecule has 5 aliphatic rings. The Morgan fingerprint density at radius 1 is 1.06 bits per heavy atom. The van der Waals surface area contributed by atoms with Crippen LogP contribution in [-0.4, -0.2) is 29.2 Å². The first kappa shape index (κ1) is 26.4. The van der Waals surface area contributed by atoms with Gasteiger partial charge >= 0.3 is 0 Å². The molecule has 0 spiro atoms. The van der Waals surface area contributed by atoms with E-state index in [1.807, 2.05) is 0 Å². The van der Waals surface area contributed by atoms with Crippen molar-refractivity contribution in [1.82, 2.24) is 5.32 Å². The van der Waals surface area contributed by atoms with Gasteiger partial charge in [0.05, 0.1) is 6.10 Å². The Kier molecular flexibility index (Phi) is 7.67. The Hall–Kier alpha value is -1.26. The summed E-state index contributed by atoms with van der Waals surface area (Å²) in [7, 11) is 0. The molecule has 1 amide bonds. The first-order valence-corrected chi connectivity index (χ1v) is 15.3. The van der Waals surface area contributed by atoms with Gasteiger partial charge in [-0.15, -0.1) is 0 Å². The zero-order chi connectivity index (χ0) is 25.5. The first-order valence-electron chi connectivity index (χ1n) is 15.3. The molecule has 0 heterocycles. The molecule has 0 aliphatic heterocycles. The van der Waals surface area contributed by atoms with Crippen molar-refractivity contribution in [1.29, 1.82) is 0 Å². The Morgan fingerprint density at radius 2 is 1.83 bits per heavy atom. The molecule has 1 unspecified atom stereocenters. The van der Waals surface area contributed by atoms with Gasteiger partial charge in [-0.3, -0.25) is 4.79 Å². The predicted molar refractivity (Wildman–Crippen MR) is 143 cm³/mol. The monoisotopic (exact) mass is 498 g/mol. The Bertz CT molecular complexity index is 852. The van der Waals surface area contributed by atoms with Crippen LogP contribution in [0.3, 0.4) is 0 Å². The van der Waals surface area contributed by atoms with E-state index in [0.29, 0.717) is 48.0 Å². The van der Waals surface area contributed by atoms with E-state index >= 15 is 0 Å². The van der Waals surface area contributed by atoms with Gasteiger partial charge in [-0.05, 0) is 122 Å². The molecule has 6 heteroatoms. The minimum atomic E-state index is -0.250. The molecular formula is C30H50N4O2. The van der Waals surface area contributed by atoms with E-state index in [0.717, 1.165) is 44.9 Å². The number of amides is 1. The molecule has 0 aromatic rings. The highest BCUT2D eigenvalue weighted by Crippen LogP contribution is 2.68. The number of carbonyl (C=O) groups excluding carboxylic acids is 1. The van der Waals surface area contributed by atoms with Crippen LogP contribution in [0.15, 0.2) is 5.11 Å². The average Bonchev–Trinajstić information content (AvgIpc) is 3.23. The Labute approximate surface area is 218 Å². The topological polar surface area (TPSA) is 98.1 Å². The van der Waals surface area contributed by atoms with Crippen molar-refractivity contribution in [2.45, 2.75) is 135 Å². The molecule has 2 N–H and O–H groups in total. The van der Waals surface area contributed by atoms with Crippen molar-refractivity contribution < 1.29 is 9.90 Å². The molecule has 0 aromatic carbocycles. The quantitative estimate of drug-likeness (QED) is 0.231. The smallest absolute Gasteiger partial charge is 0.220 e. The van der Waals surface area contributed by atoms with Crippen LogP contribution in [0.2, 0.25) is 0 Å². The molecule has 5 fully saturated rings. The van der Waals surface area contributed by atoms with Crippen LogP contribution < -0.4 is 5.32 Å². The predicted octanol–water partition coefficient (Wildman–Crippen LogP) is 7.16. The second-order valence-electron chi connectivity index (χ2n) is 14.0. The Balaban J connectivity index is 1.23. The molecule has 0 bridgehead atoms. The molecule has 0 aromatic heterocycles. The zero-order valence-corrected chi connectivity index (χ0v) is 23.0. The van der Waals surface area contributed by atoms with Gasteiger partial charge in [0.25, 0.3) is 0 Å². The van der Waals surface area contributed by atoms with Gasteiger partial charge in [0.1, 0.15) is 0 Å². The summed E-state index contributed by atoms with van der Waals surface area (Å²) < 4.78 is 0. The van der Waals surface area contributed by atoms with E-state index in [4.69, 9.17) is 5.53 Å². The van der Waals surface area contributed by atoms with Gasteiger partial charge in [-0.2, -0.15) is 0 Å². The van der Waals surface area contributed by atoms with E-state index in [-0.39, 0.29) is 28.9 Å². The minimum Gasteiger partial charge on any atom is -0.393 e. The molecule has 5 saturated carbocycles. The van der Waals surface area contributed by atoms with Gasteiger partial charge in [-0.25, -0.2) is 0 Å². The number of aliphatic hydroxyl groups excluding tert-OH is 1. The molecular weight excluding hydrogens is 448 g/mol. The lowest BCUT2D eigenvalue weighted by Gasteiger charge is -2.62. The molecule has 6 nitrogen and oxygen atoms in total. The van der Waals surface area contributed by atoms with Crippen LogP contribution in [0.1, 0.15) is 117 Å². The summed E-state index contributed by atoms with van der Waals surface area (Å²) >= 11 is 0. The van der Waals surface area contributed by atoms with Gasteiger partial charge in [0.2, 0.25) is 5.91 Å². The summed E-state index contributed by atoms with van der Waals surface area (Å²) in [4.78, 5) is 15.8. The van der Waals surface area contributed by atoms with E-state index in [9.17, 15) is 9.90 Å². The Morgan fingerprint density at radius 3 is 2.58 bits per heavy atom. The van der Waals surface area contributed by atoms with Crippen LogP contribution >= 0.6 is 0 Å². The SMILES string of the molecule is C[C@H](CCC(=O)NC1CCCCC1)[C@H]1CC[C@H]2[C@@H]3CC[C@@H]4CC(N=[N+]=[N-])CC[C@]4(C)[C@H]3C[C@H](O)[C@]12C. The molecule has 0 radical (unpaired) electrons. The standard InChI is InChI=1S/C30H50N4O2/c1-19(9-14-28(36)32-21-7-5-4-6-8-21)24-12-13-25-23-11-10-20-17-22(33-34-31)15-16-29(20,2)26(23)18-27(35)30(24,25)3/h19-27,35H,4-18H2,1-3H3,(H,32,36)/t19-,20-,22?,23+,24-,25+,26+,27+,29+,30-/m1/s1. The van der Waals surface area contributed by atoms with Crippen molar-refractivity contribution in [3.05, 3.63) is 10.4 Å². The second-order valence-corrected chi connectivity index (χ2v) is 14.0. The van der Waals surface area contributed by atoms with Gasteiger partial charge < -0.3 is 10.4 Å². The van der Waals surface area contributed by atoms with Crippen molar-refractivity contribution in [3.8, 4) is 0 Å². The van der Waals surface area contributed by atoms with Crippen molar-refractivity contribution in [3.63, 3.8) is 0 Å². The summed E-state index contributed by atoms with van der Waals surface area (Å²) in [6.07, 6.45) is 16.5. The third-order valence-electron chi connectivity index (χ3n) is 12.5. The maximum Gasteiger partial charge on any atom is 0.220 e. The first-order chi connectivity index (χ1) is 17.3. The fourth-order valence-corrected chi connectivity index (χ4v) is 10.4. The summed E-state index contributed by atoms with van der Waals surface area (Å²) in [5.74, 6) is 3.73. The highest BCUT2D eigenvalue weighted by molar-refractivity contribution is 5.76. The van der Waals surface area contributed by atoms with Crippen molar-refractivity contribution in [2.24, 2.45) is 51.5 Å². The number of hydrogen-bond donors (Lipinski definition) is 2. The summed E-state index contributed by atoms with van der Waals surface area (Å²) in [5.41, 5.74) is 9.20. The largest absolute Gasteiger partial charge is 0.393 e. The summed E-state index contributed by atoms with van der Waals surface area (Å²) in [6.45, 7) is 7.25. The van der Waals surface area contributed by atoms with E-state index in [1.54, 1.807) is 0 Å². The fraction of sp³-hybridized carbons (Fsp3) is 0.967. The third kappa shape index (κ3) is 4.59. The van der Waals surface area contributed by atoms with Crippen LogP contribution in [0.5, 0.6) is 0 Å². The highest BCUT2D eigenvalue weighted by Gasteiger charge is 2.63. The molecule has 36 heavy (non-hydrogen) atoms. The minimum absolute atomic E-state index is 0.0219. The number of rotatable bonds is 6. The van der Waals surface area contributed by atoms with E-state index in [1.165, 1.54) is 44.9 Å². The zero-order valence-electron chi connectivity index (χ0n) is 23.0. The third-order valence-corrected chi connectivity index (χ3v) is 12.5. The maximum absolute atomic E-state index is 12.7. The van der Waals surface area contributed by atoms with Crippen LogP contribution in [0, 0.1) is 46.3 Å². The molecule has 10 atom stereocenters. The maximum atomic E-state index is 12.7. The summed E-state index contributed by atoms with van der Waals surface area (Å²) in [6, 6.07) is 0.556. The number of carbonyl (C=O) groups is 1. The number of aliphatic hydroxyl groups is 1. The second kappa shape index (κ2) is 10.5. The number of fused-ring (bicyclic) bond motifs is 5. The molecule has 5 rings (SSSR count). The number of nitrogens with zero attached hydrogens (tertiary/aromatic N) is 3. The van der Waals surface area contributed by atoms with Crippen LogP contribution in [0.4, 0.5) is 0 Å². The van der Waals surface area contributed by atoms with Gasteiger partial charge in [-0.1, -0.05) is 45.1 Å². The summed E-state index contributed by atoms with van der Waals surface area (Å²) in [5, 5.41) is 19.2. The number of nitrogens with one attached hydrogen (secondary N) is 1.